The zero-order valence-electron chi connectivity index (χ0n) is 8.31. The van der Waals surface area contributed by atoms with Crippen molar-refractivity contribution in [1.29, 1.82) is 0 Å². The van der Waals surface area contributed by atoms with Crippen molar-refractivity contribution in [1.82, 2.24) is 0 Å². The van der Waals surface area contributed by atoms with E-state index in [9.17, 15) is 0 Å². The molecule has 0 saturated carbocycles. The van der Waals surface area contributed by atoms with Crippen LogP contribution in [0.5, 0.6) is 0 Å². The lowest BCUT2D eigenvalue weighted by atomic mass is 9.62. The molecule has 0 aromatic carbocycles. The fraction of sp³-hybridized carbons (Fsp3) is 0.800. The fourth-order valence-corrected chi connectivity index (χ4v) is 1.59. The quantitative estimate of drug-likeness (QED) is 0.580. The van der Waals surface area contributed by atoms with E-state index >= 15 is 0 Å². The molecule has 0 radical (unpaired) electrons. The normalized spacial score (nSPS) is 17.0. The highest BCUT2D eigenvalue weighted by Gasteiger charge is 2.14. The summed E-state index contributed by atoms with van der Waals surface area (Å²) in [5.41, 5.74) is 0. The van der Waals surface area contributed by atoms with Crippen LogP contribution in [0.2, 0.25) is 12.6 Å². The summed E-state index contributed by atoms with van der Waals surface area (Å²) in [6.45, 7) is 4.84. The van der Waals surface area contributed by atoms with Crippen LogP contribution in [0.3, 0.4) is 0 Å². The Bertz CT molecular complexity index is 150. The molecule has 1 rings (SSSR count). The summed E-state index contributed by atoms with van der Waals surface area (Å²) in [6, 6.07) is 0. The zero-order chi connectivity index (χ0) is 8.81. The molecule has 0 heterocycles. The van der Waals surface area contributed by atoms with E-state index in [-0.39, 0.29) is 0 Å². The molecule has 0 aromatic rings. The van der Waals surface area contributed by atoms with Crippen LogP contribution >= 0.6 is 0 Å². The van der Waals surface area contributed by atoms with Gasteiger partial charge in [-0.25, -0.2) is 0 Å². The van der Waals surface area contributed by atoms with Gasteiger partial charge in [-0.3, -0.25) is 0 Å². The van der Waals surface area contributed by atoms with Crippen molar-refractivity contribution >= 4 is 6.92 Å². The molecule has 12 heavy (non-hydrogen) atoms. The van der Waals surface area contributed by atoms with Gasteiger partial charge in [-0.15, -0.1) is 0 Å². The first-order valence-corrected chi connectivity index (χ1v) is 5.22. The zero-order valence-corrected chi connectivity index (χ0v) is 8.31. The number of hydrogen-bond acceptors (Lipinski definition) is 1. The van der Waals surface area contributed by atoms with Gasteiger partial charge < -0.3 is 4.65 Å². The third kappa shape index (κ3) is 2.92. The Morgan fingerprint density at radius 3 is 2.58 bits per heavy atom. The van der Waals surface area contributed by atoms with E-state index in [2.05, 4.69) is 19.9 Å². The van der Waals surface area contributed by atoms with E-state index in [0.29, 0.717) is 6.92 Å². The van der Waals surface area contributed by atoms with Crippen molar-refractivity contribution in [2.45, 2.75) is 52.2 Å². The summed E-state index contributed by atoms with van der Waals surface area (Å²) < 4.78 is 5.85. The van der Waals surface area contributed by atoms with Crippen molar-refractivity contribution in [2.75, 3.05) is 0 Å². The Kier molecular flexibility index (Phi) is 4.27. The van der Waals surface area contributed by atoms with Crippen LogP contribution in [0.25, 0.3) is 0 Å². The van der Waals surface area contributed by atoms with Crippen LogP contribution in [0.1, 0.15) is 39.5 Å². The third-order valence-electron chi connectivity index (χ3n) is 2.48. The molecule has 0 fully saturated rings. The van der Waals surface area contributed by atoms with Gasteiger partial charge in [0.05, 0.1) is 5.76 Å². The molecule has 0 atom stereocenters. The lowest BCUT2D eigenvalue weighted by Crippen LogP contribution is -2.15. The van der Waals surface area contributed by atoms with Gasteiger partial charge in [0.25, 0.3) is 0 Å². The lowest BCUT2D eigenvalue weighted by molar-refractivity contribution is 0.387. The molecule has 0 aromatic heterocycles. The smallest absolute Gasteiger partial charge is 0.356 e. The highest BCUT2D eigenvalue weighted by Crippen LogP contribution is 2.20. The van der Waals surface area contributed by atoms with Gasteiger partial charge in [-0.2, -0.15) is 0 Å². The molecular weight excluding hydrogens is 147 g/mol. The van der Waals surface area contributed by atoms with Crippen LogP contribution < -0.4 is 0 Å². The molecule has 0 N–H and O–H groups in total. The third-order valence-corrected chi connectivity index (χ3v) is 2.48. The van der Waals surface area contributed by atoms with Crippen molar-refractivity contribution < 1.29 is 4.65 Å². The van der Waals surface area contributed by atoms with E-state index < -0.39 is 0 Å². The lowest BCUT2D eigenvalue weighted by Gasteiger charge is -2.18. The van der Waals surface area contributed by atoms with Gasteiger partial charge in [0.1, 0.15) is 0 Å². The molecule has 0 aliphatic heterocycles. The predicted octanol–water partition coefficient (Wildman–Crippen LogP) is 3.49. The summed E-state index contributed by atoms with van der Waals surface area (Å²) in [5, 5.41) is 0. The van der Waals surface area contributed by atoms with Crippen LogP contribution in [0.4, 0.5) is 0 Å². The summed E-state index contributed by atoms with van der Waals surface area (Å²) >= 11 is 0. The number of allylic oxidation sites excluding steroid dienone is 2. The summed E-state index contributed by atoms with van der Waals surface area (Å²) in [6.07, 6.45) is 9.57. The minimum Gasteiger partial charge on any atom is -0.564 e. The maximum absolute atomic E-state index is 5.85. The van der Waals surface area contributed by atoms with Crippen molar-refractivity contribution in [3.05, 3.63) is 11.8 Å². The van der Waals surface area contributed by atoms with E-state index in [1.165, 1.54) is 25.0 Å². The van der Waals surface area contributed by atoms with Crippen molar-refractivity contribution in [2.24, 2.45) is 0 Å². The Balaban J connectivity index is 2.32. The molecule has 1 nitrogen and oxygen atoms in total. The van der Waals surface area contributed by atoms with E-state index in [0.717, 1.165) is 19.1 Å². The number of rotatable bonds is 4. The van der Waals surface area contributed by atoms with E-state index in [1.807, 2.05) is 0 Å². The largest absolute Gasteiger partial charge is 0.564 e. The minimum atomic E-state index is 0.453. The first-order valence-electron chi connectivity index (χ1n) is 5.22. The van der Waals surface area contributed by atoms with Gasteiger partial charge in [-0.1, -0.05) is 13.8 Å². The van der Waals surface area contributed by atoms with Gasteiger partial charge in [-0.05, 0) is 38.0 Å². The number of hydrogen-bond donors (Lipinski definition) is 0. The van der Waals surface area contributed by atoms with Crippen LogP contribution in [0.15, 0.2) is 11.8 Å². The van der Waals surface area contributed by atoms with Crippen LogP contribution in [-0.4, -0.2) is 6.92 Å². The Labute approximate surface area is 76.3 Å². The second-order valence-corrected chi connectivity index (χ2v) is 3.47. The Morgan fingerprint density at radius 2 is 2.08 bits per heavy atom. The monoisotopic (exact) mass is 166 g/mol. The second-order valence-electron chi connectivity index (χ2n) is 3.47. The highest BCUT2D eigenvalue weighted by atomic mass is 16.4. The summed E-state index contributed by atoms with van der Waals surface area (Å²) in [7, 11) is 0. The summed E-state index contributed by atoms with van der Waals surface area (Å²) in [5.74, 6) is 1.25. The van der Waals surface area contributed by atoms with Gasteiger partial charge >= 0.3 is 6.92 Å². The Morgan fingerprint density at radius 1 is 1.33 bits per heavy atom. The molecule has 0 saturated heterocycles. The molecule has 0 spiro atoms. The first-order chi connectivity index (χ1) is 5.86. The Hall–Kier alpha value is -0.395. The van der Waals surface area contributed by atoms with E-state index in [1.54, 1.807) is 0 Å². The molecule has 2 heteroatoms. The van der Waals surface area contributed by atoms with Crippen molar-refractivity contribution in [3.8, 4) is 0 Å². The molecule has 0 bridgehead atoms. The molecule has 0 unspecified atom stereocenters. The summed E-state index contributed by atoms with van der Waals surface area (Å²) in [4.78, 5) is 0. The van der Waals surface area contributed by atoms with Gasteiger partial charge in [0.2, 0.25) is 0 Å². The standard InChI is InChI=1S/C10H19BO/c1-3-11(4-2)12-10-8-6-5-7-9-10/h8H,3-7,9H2,1-2H3. The molecule has 1 aliphatic rings. The van der Waals surface area contributed by atoms with E-state index in [4.69, 9.17) is 4.65 Å². The first kappa shape index (κ1) is 9.69. The molecule has 1 aliphatic carbocycles. The van der Waals surface area contributed by atoms with Gasteiger partial charge in [0, 0.05) is 6.42 Å². The van der Waals surface area contributed by atoms with Crippen LogP contribution in [0, 0.1) is 0 Å². The molecular formula is C10H19BO. The second kappa shape index (κ2) is 5.29. The minimum absolute atomic E-state index is 0.453. The molecule has 0 amide bonds. The maximum atomic E-state index is 5.85. The molecule has 68 valence electrons. The highest BCUT2D eigenvalue weighted by molar-refractivity contribution is 6.51. The van der Waals surface area contributed by atoms with Crippen molar-refractivity contribution in [3.63, 3.8) is 0 Å². The topological polar surface area (TPSA) is 9.23 Å². The fourth-order valence-electron chi connectivity index (χ4n) is 1.59. The SMILES string of the molecule is CCB(CC)OC1=CCCCC1. The van der Waals surface area contributed by atoms with Crippen LogP contribution in [-0.2, 0) is 4.65 Å². The average Bonchev–Trinajstić information content (AvgIpc) is 2.16. The average molecular weight is 166 g/mol. The maximum Gasteiger partial charge on any atom is 0.356 e. The predicted molar refractivity (Wildman–Crippen MR) is 54.4 cm³/mol. The van der Waals surface area contributed by atoms with Gasteiger partial charge in [0.15, 0.2) is 0 Å².